The first-order valence-corrected chi connectivity index (χ1v) is 8.06. The van der Waals surface area contributed by atoms with Crippen LogP contribution in [0.4, 0.5) is 5.69 Å². The predicted molar refractivity (Wildman–Crippen MR) is 96.1 cm³/mol. The fraction of sp³-hybridized carbons (Fsp3) is 0.278. The standard InChI is InChI=1S/C18H20N2O2S/c1-3-14-6-4-5-7-15(14)19-18(23)20(2)11-13-8-9-16-17(10-13)22-12-21-16/h4-10H,3,11-12H2,1-2H3,(H,19,23). The monoisotopic (exact) mass is 328 g/mol. The summed E-state index contributed by atoms with van der Waals surface area (Å²) in [5.74, 6) is 1.60. The molecule has 1 heterocycles. The van der Waals surface area contributed by atoms with Gasteiger partial charge in [-0.15, -0.1) is 0 Å². The number of ether oxygens (including phenoxy) is 2. The highest BCUT2D eigenvalue weighted by Gasteiger charge is 2.14. The summed E-state index contributed by atoms with van der Waals surface area (Å²) in [5.41, 5.74) is 3.45. The molecule has 5 heteroatoms. The van der Waals surface area contributed by atoms with Crippen LogP contribution in [0.25, 0.3) is 0 Å². The maximum Gasteiger partial charge on any atom is 0.231 e. The molecular formula is C18H20N2O2S. The number of nitrogens with one attached hydrogen (secondary N) is 1. The van der Waals surface area contributed by atoms with E-state index in [0.717, 1.165) is 29.2 Å². The van der Waals surface area contributed by atoms with Crippen molar-refractivity contribution in [2.24, 2.45) is 0 Å². The molecule has 4 nitrogen and oxygen atoms in total. The summed E-state index contributed by atoms with van der Waals surface area (Å²) in [6, 6.07) is 14.2. The summed E-state index contributed by atoms with van der Waals surface area (Å²) in [5, 5.41) is 4.03. The average molecular weight is 328 g/mol. The molecule has 0 atom stereocenters. The lowest BCUT2D eigenvalue weighted by atomic mass is 10.1. The second-order valence-electron chi connectivity index (χ2n) is 5.48. The SMILES string of the molecule is CCc1ccccc1NC(=S)N(C)Cc1ccc2c(c1)OCO2. The number of benzene rings is 2. The van der Waals surface area contributed by atoms with Crippen molar-refractivity contribution in [1.82, 2.24) is 4.90 Å². The van der Waals surface area contributed by atoms with E-state index in [1.807, 2.05) is 42.3 Å². The van der Waals surface area contributed by atoms with Crippen LogP contribution in [0.3, 0.4) is 0 Å². The minimum atomic E-state index is 0.294. The second kappa shape index (κ2) is 6.87. The van der Waals surface area contributed by atoms with Gasteiger partial charge in [-0.25, -0.2) is 0 Å². The zero-order valence-corrected chi connectivity index (χ0v) is 14.2. The number of hydrogen-bond acceptors (Lipinski definition) is 3. The predicted octanol–water partition coefficient (Wildman–Crippen LogP) is 3.81. The van der Waals surface area contributed by atoms with Gasteiger partial charge in [-0.3, -0.25) is 0 Å². The molecule has 0 spiro atoms. The van der Waals surface area contributed by atoms with Gasteiger partial charge in [0, 0.05) is 19.3 Å². The van der Waals surface area contributed by atoms with Crippen molar-refractivity contribution in [2.75, 3.05) is 19.2 Å². The lowest BCUT2D eigenvalue weighted by Gasteiger charge is -2.22. The van der Waals surface area contributed by atoms with Crippen molar-refractivity contribution in [3.63, 3.8) is 0 Å². The third-order valence-corrected chi connectivity index (χ3v) is 4.26. The molecule has 0 saturated heterocycles. The smallest absolute Gasteiger partial charge is 0.231 e. The first kappa shape index (κ1) is 15.6. The molecule has 0 unspecified atom stereocenters. The molecule has 0 saturated carbocycles. The van der Waals surface area contributed by atoms with Crippen LogP contribution in [0.2, 0.25) is 0 Å². The fourth-order valence-electron chi connectivity index (χ4n) is 2.55. The number of aryl methyl sites for hydroxylation is 1. The molecular weight excluding hydrogens is 308 g/mol. The number of nitrogens with zero attached hydrogens (tertiary/aromatic N) is 1. The third kappa shape index (κ3) is 3.56. The zero-order valence-electron chi connectivity index (χ0n) is 13.3. The van der Waals surface area contributed by atoms with Crippen molar-refractivity contribution in [2.45, 2.75) is 19.9 Å². The van der Waals surface area contributed by atoms with Crippen molar-refractivity contribution in [3.05, 3.63) is 53.6 Å². The summed E-state index contributed by atoms with van der Waals surface area (Å²) in [7, 11) is 1.98. The Hall–Kier alpha value is -2.27. The fourth-order valence-corrected chi connectivity index (χ4v) is 2.72. The van der Waals surface area contributed by atoms with Crippen LogP contribution in [0, 0.1) is 0 Å². The van der Waals surface area contributed by atoms with E-state index in [0.29, 0.717) is 18.5 Å². The molecule has 1 aliphatic rings. The van der Waals surface area contributed by atoms with Gasteiger partial charge in [0.05, 0.1) is 0 Å². The number of hydrogen-bond donors (Lipinski definition) is 1. The van der Waals surface area contributed by atoms with Crippen molar-refractivity contribution in [1.29, 1.82) is 0 Å². The van der Waals surface area contributed by atoms with Gasteiger partial charge in [0.25, 0.3) is 0 Å². The third-order valence-electron chi connectivity index (χ3n) is 3.84. The number of rotatable bonds is 4. The van der Waals surface area contributed by atoms with Gasteiger partial charge < -0.3 is 19.7 Å². The van der Waals surface area contributed by atoms with Crippen molar-refractivity contribution >= 4 is 23.0 Å². The lowest BCUT2D eigenvalue weighted by molar-refractivity contribution is 0.174. The van der Waals surface area contributed by atoms with Crippen LogP contribution in [-0.2, 0) is 13.0 Å². The number of anilines is 1. The van der Waals surface area contributed by atoms with Crippen LogP contribution < -0.4 is 14.8 Å². The summed E-state index contributed by atoms with van der Waals surface area (Å²) in [4.78, 5) is 2.01. The van der Waals surface area contributed by atoms with Crippen molar-refractivity contribution in [3.8, 4) is 11.5 Å². The van der Waals surface area contributed by atoms with E-state index in [-0.39, 0.29) is 0 Å². The van der Waals surface area contributed by atoms with E-state index in [1.165, 1.54) is 5.56 Å². The van der Waals surface area contributed by atoms with E-state index < -0.39 is 0 Å². The topological polar surface area (TPSA) is 33.7 Å². The molecule has 1 N–H and O–H groups in total. The molecule has 0 amide bonds. The second-order valence-corrected chi connectivity index (χ2v) is 5.87. The first-order chi connectivity index (χ1) is 11.2. The molecule has 2 aromatic rings. The van der Waals surface area contributed by atoms with E-state index in [1.54, 1.807) is 0 Å². The highest BCUT2D eigenvalue weighted by atomic mass is 32.1. The highest BCUT2D eigenvalue weighted by Crippen LogP contribution is 2.32. The Morgan fingerprint density at radius 2 is 1.96 bits per heavy atom. The molecule has 0 radical (unpaired) electrons. The lowest BCUT2D eigenvalue weighted by Crippen LogP contribution is -2.30. The molecule has 0 aromatic heterocycles. The normalized spacial score (nSPS) is 12.1. The van der Waals surface area contributed by atoms with E-state index in [2.05, 4.69) is 24.4 Å². The molecule has 0 bridgehead atoms. The quantitative estimate of drug-likeness (QED) is 0.863. The Morgan fingerprint density at radius 1 is 1.17 bits per heavy atom. The number of para-hydroxylation sites is 1. The van der Waals surface area contributed by atoms with Crippen LogP contribution in [0.1, 0.15) is 18.1 Å². The van der Waals surface area contributed by atoms with Gasteiger partial charge in [-0.2, -0.15) is 0 Å². The molecule has 2 aromatic carbocycles. The molecule has 23 heavy (non-hydrogen) atoms. The summed E-state index contributed by atoms with van der Waals surface area (Å²) >= 11 is 5.52. The molecule has 0 aliphatic carbocycles. The van der Waals surface area contributed by atoms with E-state index in [4.69, 9.17) is 21.7 Å². The van der Waals surface area contributed by atoms with Crippen LogP contribution in [-0.4, -0.2) is 23.9 Å². The number of fused-ring (bicyclic) bond motifs is 1. The Morgan fingerprint density at radius 3 is 2.78 bits per heavy atom. The van der Waals surface area contributed by atoms with E-state index in [9.17, 15) is 0 Å². The zero-order chi connectivity index (χ0) is 16.2. The van der Waals surface area contributed by atoms with Gasteiger partial charge in [0.2, 0.25) is 6.79 Å². The van der Waals surface area contributed by atoms with Gasteiger partial charge in [0.1, 0.15) is 0 Å². The van der Waals surface area contributed by atoms with Crippen LogP contribution >= 0.6 is 12.2 Å². The molecule has 0 fully saturated rings. The largest absolute Gasteiger partial charge is 0.454 e. The maximum absolute atomic E-state index is 5.52. The van der Waals surface area contributed by atoms with Crippen LogP contribution in [0.5, 0.6) is 11.5 Å². The van der Waals surface area contributed by atoms with Gasteiger partial charge in [-0.05, 0) is 48.0 Å². The van der Waals surface area contributed by atoms with E-state index >= 15 is 0 Å². The van der Waals surface area contributed by atoms with Crippen molar-refractivity contribution < 1.29 is 9.47 Å². The summed E-state index contributed by atoms with van der Waals surface area (Å²) < 4.78 is 10.8. The average Bonchev–Trinajstić information content (AvgIpc) is 3.03. The molecule has 1 aliphatic heterocycles. The van der Waals surface area contributed by atoms with Crippen LogP contribution in [0.15, 0.2) is 42.5 Å². The van der Waals surface area contributed by atoms with Gasteiger partial charge >= 0.3 is 0 Å². The Bertz CT molecular complexity index is 718. The highest BCUT2D eigenvalue weighted by molar-refractivity contribution is 7.80. The minimum absolute atomic E-state index is 0.294. The Balaban J connectivity index is 1.66. The first-order valence-electron chi connectivity index (χ1n) is 7.66. The van der Waals surface area contributed by atoms with Gasteiger partial charge in [0.15, 0.2) is 16.6 Å². The maximum atomic E-state index is 5.52. The minimum Gasteiger partial charge on any atom is -0.454 e. The Labute approximate surface area is 142 Å². The molecule has 120 valence electrons. The number of thiocarbonyl (C=S) groups is 1. The molecule has 3 rings (SSSR count). The van der Waals surface area contributed by atoms with Gasteiger partial charge in [-0.1, -0.05) is 31.2 Å². The summed E-state index contributed by atoms with van der Waals surface area (Å²) in [6.45, 7) is 3.14. The Kier molecular flexibility index (Phi) is 4.67. The summed E-state index contributed by atoms with van der Waals surface area (Å²) in [6.07, 6.45) is 0.970.